The Morgan fingerprint density at radius 2 is 2.10 bits per heavy atom. The number of thioether (sulfide) groups is 1. The van der Waals surface area contributed by atoms with Crippen LogP contribution in [0.5, 0.6) is 5.75 Å². The van der Waals surface area contributed by atoms with Crippen molar-refractivity contribution in [3.63, 3.8) is 0 Å². The van der Waals surface area contributed by atoms with Crippen LogP contribution in [0, 0.1) is 4.91 Å². The maximum Gasteiger partial charge on any atom is 0.323 e. The summed E-state index contributed by atoms with van der Waals surface area (Å²) in [7, 11) is 0. The van der Waals surface area contributed by atoms with E-state index in [1.165, 1.54) is 11.8 Å². The molecule has 0 radical (unpaired) electrons. The number of nitrogens with zero attached hydrogens (tertiary/aromatic N) is 1. The van der Waals surface area contributed by atoms with Gasteiger partial charge in [-0.2, -0.15) is 0 Å². The number of thiocarbonyl (C=S) groups is 1. The molecule has 20 heavy (non-hydrogen) atoms. The fourth-order valence-corrected chi connectivity index (χ4v) is 2.45. The molecule has 2 rings (SSSR count). The zero-order valence-corrected chi connectivity index (χ0v) is 11.6. The maximum atomic E-state index is 11.5. The van der Waals surface area contributed by atoms with Crippen molar-refractivity contribution in [3.05, 3.63) is 39.6 Å². The molecule has 6 nitrogen and oxygen atoms in total. The SMILES string of the molecule is O=NC(=O)COc1ccc(/C=C2\SC(=S)NC2=O)cc1. The Balaban J connectivity index is 2.03. The summed E-state index contributed by atoms with van der Waals surface area (Å²) in [5.74, 6) is -0.657. The van der Waals surface area contributed by atoms with Gasteiger partial charge in [-0.15, -0.1) is 4.91 Å². The molecule has 8 heteroatoms. The topological polar surface area (TPSA) is 84.8 Å². The van der Waals surface area contributed by atoms with Crippen LogP contribution in [-0.2, 0) is 9.59 Å². The van der Waals surface area contributed by atoms with Gasteiger partial charge in [-0.3, -0.25) is 9.59 Å². The van der Waals surface area contributed by atoms with Crippen LogP contribution in [0.3, 0.4) is 0 Å². The molecule has 102 valence electrons. The molecule has 0 atom stereocenters. The van der Waals surface area contributed by atoms with Crippen molar-refractivity contribution in [2.24, 2.45) is 5.18 Å². The maximum absolute atomic E-state index is 11.5. The van der Waals surface area contributed by atoms with Gasteiger partial charge in [0.25, 0.3) is 5.91 Å². The van der Waals surface area contributed by atoms with Crippen LogP contribution >= 0.6 is 24.0 Å². The Bertz CT molecular complexity index is 610. The van der Waals surface area contributed by atoms with E-state index in [-0.39, 0.29) is 5.91 Å². The molecule has 0 aromatic heterocycles. The third-order valence-corrected chi connectivity index (χ3v) is 3.45. The number of hydrogen-bond acceptors (Lipinski definition) is 6. The van der Waals surface area contributed by atoms with E-state index >= 15 is 0 Å². The molecule has 1 aromatic carbocycles. The van der Waals surface area contributed by atoms with E-state index in [1.807, 2.05) is 0 Å². The van der Waals surface area contributed by atoms with Gasteiger partial charge >= 0.3 is 5.91 Å². The van der Waals surface area contributed by atoms with Crippen LogP contribution in [0.2, 0.25) is 0 Å². The first kappa shape index (κ1) is 14.4. The summed E-state index contributed by atoms with van der Waals surface area (Å²) in [5, 5.41) is 4.74. The van der Waals surface area contributed by atoms with Crippen molar-refractivity contribution in [3.8, 4) is 5.75 Å². The number of carbonyl (C=O) groups is 2. The van der Waals surface area contributed by atoms with E-state index in [0.717, 1.165) is 5.56 Å². The van der Waals surface area contributed by atoms with Gasteiger partial charge in [0.05, 0.1) is 4.91 Å². The minimum Gasteiger partial charge on any atom is -0.484 e. The van der Waals surface area contributed by atoms with Crippen LogP contribution in [0.15, 0.2) is 34.3 Å². The first-order chi connectivity index (χ1) is 9.58. The highest BCUT2D eigenvalue weighted by Gasteiger charge is 2.21. The van der Waals surface area contributed by atoms with Gasteiger partial charge in [-0.1, -0.05) is 36.1 Å². The summed E-state index contributed by atoms with van der Waals surface area (Å²) in [5.41, 5.74) is 0.791. The zero-order valence-electron chi connectivity index (χ0n) is 9.99. The molecule has 0 aliphatic carbocycles. The van der Waals surface area contributed by atoms with Crippen molar-refractivity contribution >= 4 is 46.2 Å². The number of carbonyl (C=O) groups excluding carboxylic acids is 2. The predicted molar refractivity (Wildman–Crippen MR) is 79.0 cm³/mol. The molecule has 1 fully saturated rings. The Labute approximate surface area is 123 Å². The number of nitrogens with one attached hydrogen (secondary N) is 1. The van der Waals surface area contributed by atoms with Crippen LogP contribution < -0.4 is 10.1 Å². The van der Waals surface area contributed by atoms with Crippen molar-refractivity contribution in [1.82, 2.24) is 5.32 Å². The number of rotatable bonds is 4. The molecule has 0 unspecified atom stereocenters. The first-order valence-electron chi connectivity index (χ1n) is 5.42. The van der Waals surface area contributed by atoms with E-state index in [4.69, 9.17) is 17.0 Å². The van der Waals surface area contributed by atoms with Crippen LogP contribution in [0.25, 0.3) is 6.08 Å². The van der Waals surface area contributed by atoms with Crippen molar-refractivity contribution in [1.29, 1.82) is 0 Å². The van der Waals surface area contributed by atoms with E-state index in [2.05, 4.69) is 10.5 Å². The number of amides is 2. The summed E-state index contributed by atoms with van der Waals surface area (Å²) >= 11 is 6.08. The predicted octanol–water partition coefficient (Wildman–Crippen LogP) is 1.85. The standard InChI is InChI=1S/C12H8N2O4S2/c15-10(14-17)6-18-8-3-1-7(2-4-8)5-9-11(16)13-12(19)20-9/h1-5H,6H2,(H,13,16,19)/b9-5-. The largest absolute Gasteiger partial charge is 0.484 e. The summed E-state index contributed by atoms with van der Waals surface area (Å²) in [6, 6.07) is 6.69. The van der Waals surface area contributed by atoms with Crippen LogP contribution in [-0.4, -0.2) is 22.7 Å². The lowest BCUT2D eigenvalue weighted by atomic mass is 10.2. The molecule has 1 aliphatic heterocycles. The lowest BCUT2D eigenvalue weighted by Crippen LogP contribution is -2.17. The highest BCUT2D eigenvalue weighted by Crippen LogP contribution is 2.26. The summed E-state index contributed by atoms with van der Waals surface area (Å²) in [6.07, 6.45) is 1.70. The van der Waals surface area contributed by atoms with Gasteiger partial charge in [0.1, 0.15) is 10.1 Å². The second-order valence-corrected chi connectivity index (χ2v) is 5.41. The van der Waals surface area contributed by atoms with E-state index in [0.29, 0.717) is 15.0 Å². The van der Waals surface area contributed by atoms with Crippen LogP contribution in [0.4, 0.5) is 0 Å². The Kier molecular flexibility index (Phi) is 4.59. The summed E-state index contributed by atoms with van der Waals surface area (Å²) in [4.78, 5) is 32.6. The number of hydrogen-bond donors (Lipinski definition) is 1. The molecular weight excluding hydrogens is 300 g/mol. The quantitative estimate of drug-likeness (QED) is 0.519. The van der Waals surface area contributed by atoms with Gasteiger partial charge in [-0.05, 0) is 23.8 Å². The lowest BCUT2D eigenvalue weighted by molar-refractivity contribution is -0.120. The summed E-state index contributed by atoms with van der Waals surface area (Å²) < 4.78 is 5.48. The molecule has 1 heterocycles. The molecule has 1 saturated heterocycles. The highest BCUT2D eigenvalue weighted by atomic mass is 32.2. The van der Waals surface area contributed by atoms with Gasteiger partial charge in [0.2, 0.25) is 0 Å². The second-order valence-electron chi connectivity index (χ2n) is 3.69. The van der Waals surface area contributed by atoms with Gasteiger partial charge in [0.15, 0.2) is 6.61 Å². The van der Waals surface area contributed by atoms with E-state index in [9.17, 15) is 14.5 Å². The molecular formula is C12H8N2O4S2. The monoisotopic (exact) mass is 308 g/mol. The minimum atomic E-state index is -0.872. The molecule has 0 spiro atoms. The average Bonchev–Trinajstić information content (AvgIpc) is 2.75. The van der Waals surface area contributed by atoms with Crippen molar-refractivity contribution in [2.45, 2.75) is 0 Å². The van der Waals surface area contributed by atoms with Crippen LogP contribution in [0.1, 0.15) is 5.56 Å². The van der Waals surface area contributed by atoms with Gasteiger partial charge in [0, 0.05) is 5.18 Å². The Morgan fingerprint density at radius 1 is 1.40 bits per heavy atom. The van der Waals surface area contributed by atoms with Crippen molar-refractivity contribution in [2.75, 3.05) is 6.61 Å². The number of nitroso groups, excluding NO2 is 1. The number of benzene rings is 1. The normalized spacial score (nSPS) is 16.1. The van der Waals surface area contributed by atoms with Gasteiger partial charge < -0.3 is 10.1 Å². The minimum absolute atomic E-state index is 0.219. The molecule has 0 saturated carbocycles. The highest BCUT2D eigenvalue weighted by molar-refractivity contribution is 8.26. The molecule has 1 aromatic rings. The third-order valence-electron chi connectivity index (χ3n) is 2.28. The molecule has 1 aliphatic rings. The molecule has 0 bridgehead atoms. The summed E-state index contributed by atoms with van der Waals surface area (Å²) in [6.45, 7) is -0.392. The van der Waals surface area contributed by atoms with Gasteiger partial charge in [-0.25, -0.2) is 0 Å². The molecule has 1 N–H and O–H groups in total. The first-order valence-corrected chi connectivity index (χ1v) is 6.65. The molecule has 2 amide bonds. The second kappa shape index (κ2) is 6.40. The average molecular weight is 308 g/mol. The fraction of sp³-hybridized carbons (Fsp3) is 0.0833. The third kappa shape index (κ3) is 3.72. The van der Waals surface area contributed by atoms with E-state index in [1.54, 1.807) is 30.3 Å². The lowest BCUT2D eigenvalue weighted by Gasteiger charge is -2.03. The Morgan fingerprint density at radius 3 is 2.65 bits per heavy atom. The zero-order chi connectivity index (χ0) is 14.5. The fourth-order valence-electron chi connectivity index (χ4n) is 1.40. The van der Waals surface area contributed by atoms with Crippen molar-refractivity contribution < 1.29 is 14.3 Å². The van der Waals surface area contributed by atoms with E-state index < -0.39 is 12.5 Å². The smallest absolute Gasteiger partial charge is 0.323 e. The Hall–Kier alpha value is -2.06. The number of ether oxygens (including phenoxy) is 1.